The number of fused-ring (bicyclic) bond motifs is 1. The summed E-state index contributed by atoms with van der Waals surface area (Å²) in [5, 5.41) is 2.20. The van der Waals surface area contributed by atoms with E-state index in [1.54, 1.807) is 0 Å². The Hall–Kier alpha value is -2.48. The first kappa shape index (κ1) is 16.4. The summed E-state index contributed by atoms with van der Waals surface area (Å²) in [4.78, 5) is 11.4. The molecule has 3 rings (SSSR count). The Labute approximate surface area is 144 Å². The van der Waals surface area contributed by atoms with Crippen molar-refractivity contribution in [1.82, 2.24) is 0 Å². The molecule has 0 aromatic heterocycles. The van der Waals surface area contributed by atoms with E-state index in [9.17, 15) is 0 Å². The molecule has 3 aromatic carbocycles. The van der Waals surface area contributed by atoms with Crippen LogP contribution in [0.15, 0.2) is 54.6 Å². The maximum atomic E-state index is 5.74. The van der Waals surface area contributed by atoms with Crippen molar-refractivity contribution in [2.45, 2.75) is 40.0 Å². The molecular formula is C22H24O2. The van der Waals surface area contributed by atoms with Gasteiger partial charge in [0.15, 0.2) is 11.5 Å². The van der Waals surface area contributed by atoms with Gasteiger partial charge in [-0.3, -0.25) is 9.78 Å². The molecule has 0 radical (unpaired) electrons. The van der Waals surface area contributed by atoms with Crippen LogP contribution in [0.5, 0.6) is 11.5 Å². The molecule has 0 heterocycles. The van der Waals surface area contributed by atoms with Crippen molar-refractivity contribution < 1.29 is 9.78 Å². The molecule has 2 nitrogen and oxygen atoms in total. The van der Waals surface area contributed by atoms with Gasteiger partial charge < -0.3 is 0 Å². The van der Waals surface area contributed by atoms with E-state index in [2.05, 4.69) is 57.2 Å². The highest BCUT2D eigenvalue weighted by atomic mass is 17.2. The summed E-state index contributed by atoms with van der Waals surface area (Å²) in [5.74, 6) is 1.52. The van der Waals surface area contributed by atoms with Gasteiger partial charge in [0.2, 0.25) is 0 Å². The fourth-order valence-electron chi connectivity index (χ4n) is 2.76. The van der Waals surface area contributed by atoms with Gasteiger partial charge in [0.1, 0.15) is 0 Å². The minimum absolute atomic E-state index is 0.121. The quantitative estimate of drug-likeness (QED) is 0.427. The Balaban J connectivity index is 1.88. The van der Waals surface area contributed by atoms with Gasteiger partial charge in [-0.05, 0) is 47.4 Å². The highest BCUT2D eigenvalue weighted by Crippen LogP contribution is 2.32. The lowest BCUT2D eigenvalue weighted by Crippen LogP contribution is -2.11. The zero-order valence-electron chi connectivity index (χ0n) is 15.0. The molecule has 24 heavy (non-hydrogen) atoms. The number of hydrogen-bond donors (Lipinski definition) is 0. The van der Waals surface area contributed by atoms with Crippen molar-refractivity contribution in [3.8, 4) is 11.5 Å². The Kier molecular flexibility index (Phi) is 4.23. The number of benzene rings is 3. The normalized spacial score (nSPS) is 11.5. The first-order valence-electron chi connectivity index (χ1n) is 8.30. The van der Waals surface area contributed by atoms with Crippen molar-refractivity contribution in [3.05, 3.63) is 71.3 Å². The summed E-state index contributed by atoms with van der Waals surface area (Å²) < 4.78 is 0. The summed E-state index contributed by atoms with van der Waals surface area (Å²) in [6.45, 7) is 10.7. The second-order valence-corrected chi connectivity index (χ2v) is 7.33. The maximum absolute atomic E-state index is 5.74. The van der Waals surface area contributed by atoms with Gasteiger partial charge in [-0.1, -0.05) is 69.3 Å². The van der Waals surface area contributed by atoms with E-state index in [4.69, 9.17) is 9.78 Å². The third kappa shape index (κ3) is 3.23. The fraction of sp³-hybridized carbons (Fsp3) is 0.273. The van der Waals surface area contributed by atoms with Crippen LogP contribution >= 0.6 is 0 Å². The van der Waals surface area contributed by atoms with Crippen LogP contribution in [0.2, 0.25) is 0 Å². The predicted octanol–water partition coefficient (Wildman–Crippen LogP) is 6.13. The molecule has 3 aromatic rings. The van der Waals surface area contributed by atoms with Crippen molar-refractivity contribution in [2.75, 3.05) is 0 Å². The second-order valence-electron chi connectivity index (χ2n) is 7.33. The number of hydrogen-bond acceptors (Lipinski definition) is 2. The van der Waals surface area contributed by atoms with E-state index in [1.807, 2.05) is 32.0 Å². The van der Waals surface area contributed by atoms with Gasteiger partial charge in [-0.15, -0.1) is 0 Å². The Bertz CT molecular complexity index is 873. The second kappa shape index (κ2) is 6.20. The molecule has 0 fully saturated rings. The summed E-state index contributed by atoms with van der Waals surface area (Å²) in [6.07, 6.45) is 0. The van der Waals surface area contributed by atoms with E-state index in [-0.39, 0.29) is 5.41 Å². The molecule has 0 aliphatic carbocycles. The minimum atomic E-state index is 0.121. The lowest BCUT2D eigenvalue weighted by atomic mass is 9.86. The molecule has 0 amide bonds. The first-order valence-corrected chi connectivity index (χ1v) is 8.30. The molecular weight excluding hydrogens is 296 g/mol. The zero-order chi connectivity index (χ0) is 17.3. The molecule has 0 saturated carbocycles. The van der Waals surface area contributed by atoms with Crippen LogP contribution in [0, 0.1) is 13.8 Å². The topological polar surface area (TPSA) is 18.5 Å². The molecule has 0 saturated heterocycles. The van der Waals surface area contributed by atoms with E-state index < -0.39 is 0 Å². The third-order valence-corrected chi connectivity index (χ3v) is 4.33. The van der Waals surface area contributed by atoms with Gasteiger partial charge >= 0.3 is 0 Å². The van der Waals surface area contributed by atoms with E-state index in [0.717, 1.165) is 33.4 Å². The van der Waals surface area contributed by atoms with Crippen LogP contribution in [0.4, 0.5) is 0 Å². The molecule has 0 bridgehead atoms. The van der Waals surface area contributed by atoms with Crippen LogP contribution in [-0.2, 0) is 5.41 Å². The number of rotatable bonds is 3. The lowest BCUT2D eigenvalue weighted by Gasteiger charge is -2.20. The minimum Gasteiger partial charge on any atom is -0.290 e. The first-order chi connectivity index (χ1) is 11.4. The average molecular weight is 320 g/mol. The van der Waals surface area contributed by atoms with Crippen molar-refractivity contribution >= 4 is 10.8 Å². The van der Waals surface area contributed by atoms with Crippen molar-refractivity contribution in [1.29, 1.82) is 0 Å². The predicted molar refractivity (Wildman–Crippen MR) is 99.8 cm³/mol. The SMILES string of the molecule is Cc1cc(C(C)(C)C)ccc1OOc1c(C)ccc2ccccc12. The molecule has 2 heteroatoms. The van der Waals surface area contributed by atoms with E-state index >= 15 is 0 Å². The molecule has 0 aliphatic rings. The number of aryl methyl sites for hydroxylation is 2. The van der Waals surface area contributed by atoms with Gasteiger partial charge in [0.05, 0.1) is 0 Å². The standard InChI is InChI=1S/C22H24O2/c1-15-10-11-17-8-6-7-9-19(17)21(15)24-23-20-13-12-18(14-16(20)2)22(3,4)5/h6-14H,1-5H3. The fourth-order valence-corrected chi connectivity index (χ4v) is 2.76. The molecule has 0 spiro atoms. The summed E-state index contributed by atoms with van der Waals surface area (Å²) >= 11 is 0. The zero-order valence-corrected chi connectivity index (χ0v) is 15.0. The largest absolute Gasteiger partial charge is 0.290 e. The lowest BCUT2D eigenvalue weighted by molar-refractivity contribution is -0.0995. The van der Waals surface area contributed by atoms with Crippen LogP contribution in [-0.4, -0.2) is 0 Å². The highest BCUT2D eigenvalue weighted by Gasteiger charge is 2.15. The Morgan fingerprint density at radius 2 is 1.50 bits per heavy atom. The Morgan fingerprint density at radius 1 is 0.750 bits per heavy atom. The maximum Gasteiger partial charge on any atom is 0.189 e. The van der Waals surface area contributed by atoms with Gasteiger partial charge in [0, 0.05) is 5.39 Å². The van der Waals surface area contributed by atoms with Gasteiger partial charge in [-0.2, -0.15) is 0 Å². The summed E-state index contributed by atoms with van der Waals surface area (Å²) in [7, 11) is 0. The smallest absolute Gasteiger partial charge is 0.189 e. The molecule has 0 aliphatic heterocycles. The van der Waals surface area contributed by atoms with Crippen LogP contribution in [0.3, 0.4) is 0 Å². The Morgan fingerprint density at radius 3 is 2.21 bits per heavy atom. The monoisotopic (exact) mass is 320 g/mol. The molecule has 0 N–H and O–H groups in total. The highest BCUT2D eigenvalue weighted by molar-refractivity contribution is 5.89. The van der Waals surface area contributed by atoms with Crippen molar-refractivity contribution in [3.63, 3.8) is 0 Å². The van der Waals surface area contributed by atoms with Crippen LogP contribution in [0.25, 0.3) is 10.8 Å². The van der Waals surface area contributed by atoms with Gasteiger partial charge in [-0.25, -0.2) is 0 Å². The summed E-state index contributed by atoms with van der Waals surface area (Å²) in [5.41, 5.74) is 3.53. The van der Waals surface area contributed by atoms with Crippen molar-refractivity contribution in [2.24, 2.45) is 0 Å². The van der Waals surface area contributed by atoms with E-state index in [0.29, 0.717) is 0 Å². The molecule has 124 valence electrons. The molecule has 0 atom stereocenters. The average Bonchev–Trinajstić information content (AvgIpc) is 2.54. The molecule has 0 unspecified atom stereocenters. The third-order valence-electron chi connectivity index (χ3n) is 4.33. The van der Waals surface area contributed by atoms with Gasteiger partial charge in [0.25, 0.3) is 0 Å². The van der Waals surface area contributed by atoms with Crippen LogP contribution in [0.1, 0.15) is 37.5 Å². The van der Waals surface area contributed by atoms with Crippen LogP contribution < -0.4 is 9.78 Å². The summed E-state index contributed by atoms with van der Waals surface area (Å²) in [6, 6.07) is 18.6. The van der Waals surface area contributed by atoms with E-state index in [1.165, 1.54) is 5.56 Å².